The summed E-state index contributed by atoms with van der Waals surface area (Å²) in [5, 5.41) is 4.55. The monoisotopic (exact) mass is 280 g/mol. The lowest BCUT2D eigenvalue weighted by Crippen LogP contribution is -2.23. The van der Waals surface area contributed by atoms with Crippen molar-refractivity contribution in [2.75, 3.05) is 18.0 Å². The molecular formula is C13H17ClN4O. The van der Waals surface area contributed by atoms with E-state index in [0.29, 0.717) is 16.9 Å². The Morgan fingerprint density at radius 3 is 2.63 bits per heavy atom. The molecule has 2 N–H and O–H groups in total. The largest absolute Gasteiger partial charge is 0.339 e. The van der Waals surface area contributed by atoms with Crippen molar-refractivity contribution in [3.63, 3.8) is 0 Å². The topological polar surface area (TPSA) is 68.2 Å². The van der Waals surface area contributed by atoms with Crippen LogP contribution in [0.4, 0.5) is 5.95 Å². The lowest BCUT2D eigenvalue weighted by molar-refractivity contribution is 0.366. The van der Waals surface area contributed by atoms with E-state index < -0.39 is 6.04 Å². The van der Waals surface area contributed by atoms with E-state index in [4.69, 9.17) is 21.9 Å². The Morgan fingerprint density at radius 2 is 2.00 bits per heavy atom. The first-order valence-electron chi connectivity index (χ1n) is 6.25. The van der Waals surface area contributed by atoms with E-state index in [1.165, 1.54) is 0 Å². The second kappa shape index (κ2) is 6.04. The second-order valence-corrected chi connectivity index (χ2v) is 4.51. The van der Waals surface area contributed by atoms with E-state index in [1.807, 2.05) is 36.9 Å². The predicted octanol–water partition coefficient (Wildman–Crippen LogP) is 2.62. The van der Waals surface area contributed by atoms with Gasteiger partial charge in [0.05, 0.1) is 0 Å². The minimum absolute atomic E-state index is 0.370. The molecule has 0 spiro atoms. The highest BCUT2D eigenvalue weighted by Crippen LogP contribution is 2.26. The van der Waals surface area contributed by atoms with Gasteiger partial charge in [-0.3, -0.25) is 0 Å². The minimum atomic E-state index is -0.509. The fraction of sp³-hybridized carbons (Fsp3) is 0.385. The first-order chi connectivity index (χ1) is 9.17. The molecule has 0 saturated carbocycles. The van der Waals surface area contributed by atoms with Crippen LogP contribution < -0.4 is 10.6 Å². The molecule has 19 heavy (non-hydrogen) atoms. The normalized spacial score (nSPS) is 12.4. The molecule has 1 atom stereocenters. The first kappa shape index (κ1) is 13.8. The van der Waals surface area contributed by atoms with Crippen LogP contribution in [0.25, 0.3) is 0 Å². The lowest BCUT2D eigenvalue weighted by atomic mass is 10.1. The minimum Gasteiger partial charge on any atom is -0.339 e. The molecule has 0 fully saturated rings. The van der Waals surface area contributed by atoms with E-state index in [9.17, 15) is 0 Å². The molecule has 1 heterocycles. The molecule has 0 amide bonds. The third-order valence-corrected chi connectivity index (χ3v) is 3.33. The van der Waals surface area contributed by atoms with Crippen LogP contribution in [0.5, 0.6) is 0 Å². The molecule has 0 radical (unpaired) electrons. The molecule has 0 aliphatic carbocycles. The highest BCUT2D eigenvalue weighted by Gasteiger charge is 2.20. The summed E-state index contributed by atoms with van der Waals surface area (Å²) in [4.78, 5) is 6.33. The van der Waals surface area contributed by atoms with Gasteiger partial charge in [-0.15, -0.1) is 0 Å². The molecule has 0 saturated heterocycles. The summed E-state index contributed by atoms with van der Waals surface area (Å²) in [5.74, 6) is 0.928. The van der Waals surface area contributed by atoms with Crippen molar-refractivity contribution in [1.29, 1.82) is 0 Å². The zero-order chi connectivity index (χ0) is 13.8. The number of benzene rings is 1. The smallest absolute Gasteiger partial charge is 0.266 e. The zero-order valence-corrected chi connectivity index (χ0v) is 11.8. The van der Waals surface area contributed by atoms with Crippen molar-refractivity contribution in [3.8, 4) is 0 Å². The highest BCUT2D eigenvalue weighted by atomic mass is 35.5. The van der Waals surface area contributed by atoms with E-state index in [-0.39, 0.29) is 0 Å². The van der Waals surface area contributed by atoms with Crippen LogP contribution in [-0.2, 0) is 0 Å². The summed E-state index contributed by atoms with van der Waals surface area (Å²) in [6, 6.07) is 6.87. The maximum absolute atomic E-state index is 6.11. The van der Waals surface area contributed by atoms with Gasteiger partial charge in [-0.25, -0.2) is 0 Å². The van der Waals surface area contributed by atoms with Gasteiger partial charge in [-0.2, -0.15) is 4.98 Å². The average molecular weight is 281 g/mol. The van der Waals surface area contributed by atoms with Gasteiger partial charge < -0.3 is 15.2 Å². The van der Waals surface area contributed by atoms with E-state index in [1.54, 1.807) is 6.07 Å². The Morgan fingerprint density at radius 1 is 1.32 bits per heavy atom. The summed E-state index contributed by atoms with van der Waals surface area (Å²) in [5.41, 5.74) is 6.89. The Kier molecular flexibility index (Phi) is 4.39. The van der Waals surface area contributed by atoms with Gasteiger partial charge in [-0.05, 0) is 30.6 Å². The van der Waals surface area contributed by atoms with Gasteiger partial charge in [0.25, 0.3) is 5.95 Å². The summed E-state index contributed by atoms with van der Waals surface area (Å²) in [7, 11) is 0. The van der Waals surface area contributed by atoms with Crippen molar-refractivity contribution in [2.45, 2.75) is 19.9 Å². The number of nitrogens with two attached hydrogens (primary N) is 1. The summed E-state index contributed by atoms with van der Waals surface area (Å²) in [6.07, 6.45) is 0. The van der Waals surface area contributed by atoms with Crippen LogP contribution in [0.3, 0.4) is 0 Å². The third kappa shape index (κ3) is 2.88. The van der Waals surface area contributed by atoms with Crippen LogP contribution >= 0.6 is 11.6 Å². The van der Waals surface area contributed by atoms with Crippen molar-refractivity contribution in [2.24, 2.45) is 5.73 Å². The second-order valence-electron chi connectivity index (χ2n) is 4.10. The Bertz CT molecular complexity index is 539. The number of aromatic nitrogens is 2. The van der Waals surface area contributed by atoms with E-state index in [2.05, 4.69) is 10.1 Å². The van der Waals surface area contributed by atoms with Crippen molar-refractivity contribution >= 4 is 17.5 Å². The molecule has 102 valence electrons. The Hall–Kier alpha value is -1.59. The summed E-state index contributed by atoms with van der Waals surface area (Å²) in [6.45, 7) is 5.70. The van der Waals surface area contributed by atoms with Gasteiger partial charge in [0.1, 0.15) is 6.04 Å². The standard InChI is InChI=1S/C13H17ClN4O/c1-3-18(4-2)13-16-12(19-17-13)11(15)9-7-5-6-8-10(9)14/h5-8,11H,3-4,15H2,1-2H3/t11-/m1/s1. The van der Waals surface area contributed by atoms with Crippen molar-refractivity contribution in [3.05, 3.63) is 40.7 Å². The van der Waals surface area contributed by atoms with Crippen LogP contribution in [0.1, 0.15) is 31.3 Å². The van der Waals surface area contributed by atoms with Crippen LogP contribution in [-0.4, -0.2) is 23.2 Å². The van der Waals surface area contributed by atoms with Gasteiger partial charge in [-0.1, -0.05) is 29.8 Å². The van der Waals surface area contributed by atoms with Crippen LogP contribution in [0, 0.1) is 0 Å². The van der Waals surface area contributed by atoms with Gasteiger partial charge in [0, 0.05) is 18.1 Å². The molecule has 0 unspecified atom stereocenters. The van der Waals surface area contributed by atoms with Gasteiger partial charge in [0.15, 0.2) is 0 Å². The number of halogens is 1. The lowest BCUT2D eigenvalue weighted by Gasteiger charge is -2.14. The zero-order valence-electron chi connectivity index (χ0n) is 11.0. The number of anilines is 1. The number of rotatable bonds is 5. The van der Waals surface area contributed by atoms with Crippen LogP contribution in [0.15, 0.2) is 28.8 Å². The molecule has 1 aromatic heterocycles. The van der Waals surface area contributed by atoms with Gasteiger partial charge in [0.2, 0.25) is 5.89 Å². The molecule has 6 heteroatoms. The molecule has 1 aromatic carbocycles. The third-order valence-electron chi connectivity index (χ3n) is 2.98. The van der Waals surface area contributed by atoms with E-state index in [0.717, 1.165) is 18.7 Å². The molecule has 5 nitrogen and oxygen atoms in total. The molecule has 0 bridgehead atoms. The van der Waals surface area contributed by atoms with Crippen molar-refractivity contribution in [1.82, 2.24) is 10.1 Å². The SMILES string of the molecule is CCN(CC)c1noc([C@H](N)c2ccccc2Cl)n1. The highest BCUT2D eigenvalue weighted by molar-refractivity contribution is 6.31. The number of hydrogen-bond donors (Lipinski definition) is 1. The molecular weight excluding hydrogens is 264 g/mol. The maximum Gasteiger partial charge on any atom is 0.266 e. The maximum atomic E-state index is 6.11. The van der Waals surface area contributed by atoms with Crippen molar-refractivity contribution < 1.29 is 4.52 Å². The average Bonchev–Trinajstić information content (AvgIpc) is 2.90. The summed E-state index contributed by atoms with van der Waals surface area (Å²) < 4.78 is 5.23. The fourth-order valence-corrected chi connectivity index (χ4v) is 2.10. The quantitative estimate of drug-likeness (QED) is 0.912. The number of nitrogens with zero attached hydrogens (tertiary/aromatic N) is 3. The molecule has 0 aliphatic heterocycles. The molecule has 0 aliphatic rings. The molecule has 2 aromatic rings. The molecule has 2 rings (SSSR count). The Balaban J connectivity index is 2.25. The van der Waals surface area contributed by atoms with Gasteiger partial charge >= 0.3 is 0 Å². The van der Waals surface area contributed by atoms with Crippen LogP contribution in [0.2, 0.25) is 5.02 Å². The predicted molar refractivity (Wildman–Crippen MR) is 75.3 cm³/mol. The summed E-state index contributed by atoms with van der Waals surface area (Å²) >= 11 is 6.11. The fourth-order valence-electron chi connectivity index (χ4n) is 1.85. The first-order valence-corrected chi connectivity index (χ1v) is 6.63. The van der Waals surface area contributed by atoms with E-state index >= 15 is 0 Å². The number of hydrogen-bond acceptors (Lipinski definition) is 5. The Labute approximate surface area is 117 Å².